The first-order valence-corrected chi connectivity index (χ1v) is 8.55. The van der Waals surface area contributed by atoms with Crippen LogP contribution in [0, 0.1) is 5.92 Å². The molecule has 1 heterocycles. The van der Waals surface area contributed by atoms with Crippen molar-refractivity contribution in [3.8, 4) is 0 Å². The van der Waals surface area contributed by atoms with Gasteiger partial charge in [0.15, 0.2) is 0 Å². The van der Waals surface area contributed by atoms with Crippen LogP contribution in [-0.4, -0.2) is 42.5 Å². The third-order valence-corrected chi connectivity index (χ3v) is 5.01. The van der Waals surface area contributed by atoms with Crippen LogP contribution in [0.15, 0.2) is 30.3 Å². The molecule has 1 atom stereocenters. The van der Waals surface area contributed by atoms with Crippen molar-refractivity contribution in [1.82, 2.24) is 4.90 Å². The van der Waals surface area contributed by atoms with Gasteiger partial charge in [-0.3, -0.25) is 9.69 Å². The van der Waals surface area contributed by atoms with Crippen LogP contribution in [0.2, 0.25) is 6.32 Å². The van der Waals surface area contributed by atoms with Crippen molar-refractivity contribution in [3.05, 3.63) is 35.9 Å². The molecule has 1 aliphatic rings. The third-order valence-electron chi connectivity index (χ3n) is 5.01. The Labute approximate surface area is 140 Å². The van der Waals surface area contributed by atoms with E-state index in [1.54, 1.807) is 0 Å². The van der Waals surface area contributed by atoms with Gasteiger partial charge in [-0.1, -0.05) is 49.5 Å². The fourth-order valence-electron chi connectivity index (χ4n) is 3.50. The van der Waals surface area contributed by atoms with Gasteiger partial charge < -0.3 is 10.8 Å². The maximum Gasteiger partial charge on any atom is 0.323 e. The van der Waals surface area contributed by atoms with Gasteiger partial charge in [-0.2, -0.15) is 0 Å². The third kappa shape index (κ3) is 4.82. The van der Waals surface area contributed by atoms with Crippen LogP contribution in [0.5, 0.6) is 0 Å². The predicted octanol–water partition coefficient (Wildman–Crippen LogP) is 2.44. The van der Waals surface area contributed by atoms with Crippen molar-refractivity contribution in [3.63, 3.8) is 0 Å². The lowest BCUT2D eigenvalue weighted by Gasteiger charge is -2.40. The first-order chi connectivity index (χ1) is 11.1. The number of nitrogens with zero attached hydrogens (tertiary/aromatic N) is 1. The summed E-state index contributed by atoms with van der Waals surface area (Å²) in [6, 6.07) is 10.4. The Morgan fingerprint density at radius 1 is 1.26 bits per heavy atom. The van der Waals surface area contributed by atoms with Crippen LogP contribution in [0.1, 0.15) is 37.7 Å². The Hall–Kier alpha value is -1.33. The SMILES string of the molecule is [B]CCCCC(N)(C(=O)O)C1CCN(Cc2ccccc2)CC1. The van der Waals surface area contributed by atoms with Gasteiger partial charge in [0.05, 0.1) is 7.85 Å². The maximum atomic E-state index is 11.7. The monoisotopic (exact) mass is 314 g/mol. The zero-order chi connectivity index (χ0) is 16.7. The molecule has 5 heteroatoms. The minimum atomic E-state index is -1.10. The minimum Gasteiger partial charge on any atom is -0.480 e. The van der Waals surface area contributed by atoms with E-state index in [2.05, 4.69) is 29.2 Å². The summed E-state index contributed by atoms with van der Waals surface area (Å²) in [5, 5.41) is 9.62. The molecule has 4 nitrogen and oxygen atoms in total. The quantitative estimate of drug-likeness (QED) is 0.571. The summed E-state index contributed by atoms with van der Waals surface area (Å²) in [6.45, 7) is 2.73. The number of carbonyl (C=O) groups is 1. The van der Waals surface area contributed by atoms with Gasteiger partial charge in [-0.05, 0) is 43.8 Å². The summed E-state index contributed by atoms with van der Waals surface area (Å²) in [5.41, 5.74) is 6.49. The number of piperidine rings is 1. The second-order valence-corrected chi connectivity index (χ2v) is 6.63. The number of carboxylic acid groups (broad SMARTS) is 1. The van der Waals surface area contributed by atoms with Crippen molar-refractivity contribution in [1.29, 1.82) is 0 Å². The summed E-state index contributed by atoms with van der Waals surface area (Å²) in [7, 11) is 5.51. The number of benzene rings is 1. The van der Waals surface area contributed by atoms with Crippen molar-refractivity contribution in [2.75, 3.05) is 13.1 Å². The minimum absolute atomic E-state index is 0.0461. The molecule has 1 unspecified atom stereocenters. The summed E-state index contributed by atoms with van der Waals surface area (Å²) in [5.74, 6) is -0.819. The van der Waals surface area contributed by atoms with Gasteiger partial charge in [0.2, 0.25) is 0 Å². The number of carboxylic acids is 1. The van der Waals surface area contributed by atoms with E-state index < -0.39 is 11.5 Å². The molecular weight excluding hydrogens is 287 g/mol. The van der Waals surface area contributed by atoms with Gasteiger partial charge in [0, 0.05) is 6.54 Å². The molecule has 1 aliphatic heterocycles. The predicted molar refractivity (Wildman–Crippen MR) is 93.4 cm³/mol. The Kier molecular flexibility index (Phi) is 6.66. The number of unbranched alkanes of at least 4 members (excludes halogenated alkanes) is 1. The lowest BCUT2D eigenvalue weighted by atomic mass is 9.75. The Morgan fingerprint density at radius 2 is 1.91 bits per heavy atom. The average molecular weight is 314 g/mol. The topological polar surface area (TPSA) is 66.6 Å². The molecule has 0 aromatic heterocycles. The van der Waals surface area contributed by atoms with Crippen molar-refractivity contribution in [2.24, 2.45) is 11.7 Å². The molecule has 3 N–H and O–H groups in total. The molecule has 124 valence electrons. The first kappa shape index (κ1) is 18.0. The molecular formula is C18H27BN2O2. The van der Waals surface area contributed by atoms with Crippen molar-refractivity contribution in [2.45, 2.75) is 50.5 Å². The molecule has 0 amide bonds. The van der Waals surface area contributed by atoms with Crippen molar-refractivity contribution < 1.29 is 9.90 Å². The van der Waals surface area contributed by atoms with E-state index in [1.165, 1.54) is 5.56 Å². The lowest BCUT2D eigenvalue weighted by molar-refractivity contribution is -0.147. The second-order valence-electron chi connectivity index (χ2n) is 6.63. The van der Waals surface area contributed by atoms with Gasteiger partial charge >= 0.3 is 5.97 Å². The number of likely N-dealkylation sites (tertiary alicyclic amines) is 1. The largest absolute Gasteiger partial charge is 0.480 e. The molecule has 1 fully saturated rings. The lowest BCUT2D eigenvalue weighted by Crippen LogP contribution is -2.56. The van der Waals surface area contributed by atoms with Crippen LogP contribution in [0.4, 0.5) is 0 Å². The molecule has 0 saturated carbocycles. The van der Waals surface area contributed by atoms with Gasteiger partial charge in [0.25, 0.3) is 0 Å². The van der Waals surface area contributed by atoms with Crippen molar-refractivity contribution >= 4 is 13.8 Å². The molecule has 1 aromatic carbocycles. The molecule has 2 rings (SSSR count). The highest BCUT2D eigenvalue weighted by atomic mass is 16.4. The Balaban J connectivity index is 1.89. The Morgan fingerprint density at radius 3 is 2.48 bits per heavy atom. The van der Waals surface area contributed by atoms with Crippen LogP contribution < -0.4 is 5.73 Å². The van der Waals surface area contributed by atoms with E-state index >= 15 is 0 Å². The fourth-order valence-corrected chi connectivity index (χ4v) is 3.50. The molecule has 0 spiro atoms. The smallest absolute Gasteiger partial charge is 0.323 e. The zero-order valence-electron chi connectivity index (χ0n) is 13.8. The summed E-state index contributed by atoms with van der Waals surface area (Å²) in [4.78, 5) is 14.1. The van der Waals surface area contributed by atoms with E-state index in [-0.39, 0.29) is 5.92 Å². The number of nitrogens with two attached hydrogens (primary N) is 1. The van der Waals surface area contributed by atoms with E-state index in [0.29, 0.717) is 12.7 Å². The van der Waals surface area contributed by atoms with Crippen LogP contribution in [0.3, 0.4) is 0 Å². The highest BCUT2D eigenvalue weighted by Crippen LogP contribution is 2.31. The molecule has 1 aromatic rings. The molecule has 0 bridgehead atoms. The zero-order valence-corrected chi connectivity index (χ0v) is 13.8. The van der Waals surface area contributed by atoms with E-state index in [1.807, 2.05) is 6.07 Å². The van der Waals surface area contributed by atoms with E-state index in [0.717, 1.165) is 45.3 Å². The number of hydrogen-bond donors (Lipinski definition) is 2. The van der Waals surface area contributed by atoms with Gasteiger partial charge in [-0.15, -0.1) is 0 Å². The van der Waals surface area contributed by atoms with Gasteiger partial charge in [-0.25, -0.2) is 0 Å². The number of rotatable bonds is 8. The Bertz CT molecular complexity index is 489. The normalized spacial score (nSPS) is 19.3. The fraction of sp³-hybridized carbons (Fsp3) is 0.611. The molecule has 2 radical (unpaired) electrons. The summed E-state index contributed by atoms with van der Waals surface area (Å²) in [6.07, 6.45) is 4.41. The van der Waals surface area contributed by atoms with E-state index in [4.69, 9.17) is 13.6 Å². The van der Waals surface area contributed by atoms with Gasteiger partial charge in [0.1, 0.15) is 5.54 Å². The summed E-state index contributed by atoms with van der Waals surface area (Å²) >= 11 is 0. The highest BCUT2D eigenvalue weighted by molar-refractivity contribution is 6.08. The standard InChI is InChI=1S/C18H27BN2O2/c19-11-5-4-10-18(20,17(22)23)16-8-12-21(13-9-16)14-15-6-2-1-3-7-15/h1-3,6-7,16H,4-5,8-14,20H2,(H,22,23). The molecule has 0 aliphatic carbocycles. The molecule has 1 saturated heterocycles. The maximum absolute atomic E-state index is 11.7. The average Bonchev–Trinajstić information content (AvgIpc) is 2.56. The molecule has 23 heavy (non-hydrogen) atoms. The van der Waals surface area contributed by atoms with Crippen LogP contribution in [-0.2, 0) is 11.3 Å². The number of hydrogen-bond acceptors (Lipinski definition) is 3. The highest BCUT2D eigenvalue weighted by Gasteiger charge is 2.42. The summed E-state index contributed by atoms with van der Waals surface area (Å²) < 4.78 is 0. The number of aliphatic carboxylic acids is 1. The van der Waals surface area contributed by atoms with E-state index in [9.17, 15) is 9.90 Å². The first-order valence-electron chi connectivity index (χ1n) is 8.55. The van der Waals surface area contributed by atoms with Crippen LogP contribution in [0.25, 0.3) is 0 Å². The second kappa shape index (κ2) is 8.51. The van der Waals surface area contributed by atoms with Crippen LogP contribution >= 0.6 is 0 Å².